The van der Waals surface area contributed by atoms with Crippen molar-refractivity contribution in [2.24, 2.45) is 0 Å². The predicted molar refractivity (Wildman–Crippen MR) is 363 cm³/mol. The van der Waals surface area contributed by atoms with Gasteiger partial charge in [0.1, 0.15) is 6.04 Å². The number of hydrogen-bond donors (Lipinski definition) is 12. The van der Waals surface area contributed by atoms with Crippen LogP contribution in [0.5, 0.6) is 0 Å². The standard InChI is InChI=1S/C38H41N5O9.C34H36N4O6/c1-7-20-16(3)24-12-26-18(5)22(9-10-32(45)46)35(42-26)23(11-31(44)41-30(37(49)50)15-33(47)48)36-34(38(51)52)19(6)27(43-36)14-29-21(8-2)17(4)25(40-29)13-28(20)39-24;1-7-19-15(3)23-12-25-17(5)21(9-10-29(39)40)32(37-25)22(11-30(41)42)33-31(34(43)44)18(6)26(38-33)14-28-20(8-2)16(4)24(36-28)13-27(19)35-23/h7,12-14,18,22,30,39,43H,1,8-11,15H2,2-6H3,(H,41,44)(H,45,46)(H,47,48)(H,49,50)(H,51,52);7,12-14,17,21,35-36H,1,8-11H2,2-6H3,(H,39,40)(H,41,42)(H,43,44)/t18-,22-,30-;17-,21-/m00/s1. The van der Waals surface area contributed by atoms with Gasteiger partial charge in [-0.1, -0.05) is 53.0 Å². The smallest absolute Gasteiger partial charge is 0.338 e. The first-order valence-corrected chi connectivity index (χ1v) is 31.5. The van der Waals surface area contributed by atoms with Gasteiger partial charge < -0.3 is 61.0 Å². The van der Waals surface area contributed by atoms with Crippen LogP contribution in [-0.2, 0) is 52.8 Å². The number of fused-ring (bicyclic) bond motifs is 16. The van der Waals surface area contributed by atoms with Gasteiger partial charge in [0.25, 0.3) is 0 Å². The first-order chi connectivity index (χ1) is 45.4. The fourth-order valence-corrected chi connectivity index (χ4v) is 13.7. The number of nitrogens with one attached hydrogen (secondary N) is 5. The van der Waals surface area contributed by atoms with Crippen molar-refractivity contribution in [1.29, 1.82) is 0 Å². The van der Waals surface area contributed by atoms with Gasteiger partial charge in [-0.05, 0) is 148 Å². The molecule has 0 aromatic carbocycles. The van der Waals surface area contributed by atoms with Crippen molar-refractivity contribution in [1.82, 2.24) is 45.2 Å². The molecule has 6 aromatic rings. The SMILES string of the molecule is C=Cc1c(C)c2cc3nc(c(CC(=O)N[C@@H](CC(=O)O)C(=O)O)c4[nH]c(cc5nc(cc1[nH]2)C(C)=C5CC)c(C)c4C(=O)O)[C@@H](CCC(=O)O)[C@@H]3C.C=Cc1c(C)c2cc3nc(c(CC(=O)O)c4nc(cc5[nH]c(cc1[nH]2)c(C)c5CC)C(C)=C4C(=O)O)[C@@H](CCC(=O)O)[C@@H]3C. The Hall–Kier alpha value is -11.0. The summed E-state index contributed by atoms with van der Waals surface area (Å²) in [6.07, 6.45) is 2.77. The molecule has 4 aliphatic rings. The average molecular weight is 1310 g/mol. The fourth-order valence-electron chi connectivity index (χ4n) is 13.7. The molecule has 4 aliphatic heterocycles. The molecule has 0 saturated carbocycles. The normalized spacial score (nSPS) is 16.1. The number of aryl methyl sites for hydroxylation is 5. The summed E-state index contributed by atoms with van der Waals surface area (Å²) < 4.78 is 0. The molecule has 10 rings (SSSR count). The lowest BCUT2D eigenvalue weighted by Gasteiger charge is -2.18. The number of allylic oxidation sites excluding steroid dienone is 3. The summed E-state index contributed by atoms with van der Waals surface area (Å²) in [5.41, 5.74) is 17.2. The maximum absolute atomic E-state index is 13.6. The molecule has 0 radical (unpaired) electrons. The van der Waals surface area contributed by atoms with E-state index in [1.54, 1.807) is 32.1 Å². The van der Waals surface area contributed by atoms with Gasteiger partial charge in [-0.2, -0.15) is 0 Å². The molecule has 0 unspecified atom stereocenters. The molecule has 12 N–H and O–H groups in total. The molecule has 24 nitrogen and oxygen atoms in total. The molecule has 10 heterocycles. The number of aromatic nitrogens is 8. The van der Waals surface area contributed by atoms with E-state index >= 15 is 0 Å². The van der Waals surface area contributed by atoms with E-state index in [2.05, 4.69) is 38.4 Å². The van der Waals surface area contributed by atoms with Crippen molar-refractivity contribution in [3.8, 4) is 0 Å². The number of aromatic amines is 4. The monoisotopic (exact) mass is 1310 g/mol. The van der Waals surface area contributed by atoms with Crippen molar-refractivity contribution in [2.75, 3.05) is 0 Å². The number of carbonyl (C=O) groups is 8. The molecule has 16 bridgehead atoms. The van der Waals surface area contributed by atoms with Crippen LogP contribution in [0.3, 0.4) is 0 Å². The summed E-state index contributed by atoms with van der Waals surface area (Å²) in [6.45, 7) is 27.1. The van der Waals surface area contributed by atoms with Gasteiger partial charge in [0.15, 0.2) is 0 Å². The van der Waals surface area contributed by atoms with Crippen LogP contribution >= 0.6 is 0 Å². The Balaban J connectivity index is 0.000000228. The maximum Gasteiger partial charge on any atom is 0.338 e. The van der Waals surface area contributed by atoms with Crippen LogP contribution in [0, 0.1) is 27.7 Å². The zero-order valence-corrected chi connectivity index (χ0v) is 55.0. The molecule has 96 heavy (non-hydrogen) atoms. The summed E-state index contributed by atoms with van der Waals surface area (Å²) in [4.78, 5) is 132. The Kier molecular flexibility index (Phi) is 20.1. The van der Waals surface area contributed by atoms with Crippen molar-refractivity contribution in [2.45, 2.75) is 157 Å². The number of aliphatic carboxylic acids is 6. The fraction of sp³-hybridized carbons (Fsp3) is 0.333. The highest BCUT2D eigenvalue weighted by Crippen LogP contribution is 2.46. The average Bonchev–Trinajstić information content (AvgIpc) is 1.59. The maximum atomic E-state index is 13.6. The lowest BCUT2D eigenvalue weighted by atomic mass is 9.84. The van der Waals surface area contributed by atoms with Gasteiger partial charge in [-0.3, -0.25) is 33.9 Å². The molecule has 24 heteroatoms. The third-order valence-electron chi connectivity index (χ3n) is 18.9. The molecule has 5 atom stereocenters. The Labute approximate surface area is 550 Å². The topological polar surface area (TPSA) is 405 Å². The number of carboxylic acid groups (broad SMARTS) is 7. The highest BCUT2D eigenvalue weighted by Gasteiger charge is 2.37. The minimum atomic E-state index is -1.76. The van der Waals surface area contributed by atoms with Crippen LogP contribution in [0.2, 0.25) is 0 Å². The van der Waals surface area contributed by atoms with Gasteiger partial charge in [-0.25, -0.2) is 24.4 Å². The van der Waals surface area contributed by atoms with Crippen LogP contribution in [0.15, 0.2) is 49.6 Å². The van der Waals surface area contributed by atoms with Crippen LogP contribution in [0.1, 0.15) is 210 Å². The molecule has 500 valence electrons. The Bertz CT molecular complexity index is 4780. The second-order valence-corrected chi connectivity index (χ2v) is 24.6. The third kappa shape index (κ3) is 13.5. The molecule has 0 saturated heterocycles. The van der Waals surface area contributed by atoms with Gasteiger partial charge in [0.05, 0.1) is 70.1 Å². The summed E-state index contributed by atoms with van der Waals surface area (Å²) in [6, 6.07) is 9.52. The van der Waals surface area contributed by atoms with E-state index in [1.807, 2.05) is 85.7 Å². The van der Waals surface area contributed by atoms with E-state index in [9.17, 15) is 74.1 Å². The van der Waals surface area contributed by atoms with E-state index < -0.39 is 90.8 Å². The van der Waals surface area contributed by atoms with Crippen molar-refractivity contribution >= 4 is 126 Å². The lowest BCUT2D eigenvalue weighted by molar-refractivity contribution is -0.147. The number of aromatic carboxylic acids is 1. The lowest BCUT2D eigenvalue weighted by Crippen LogP contribution is -2.43. The Morgan fingerprint density at radius 2 is 1.02 bits per heavy atom. The van der Waals surface area contributed by atoms with Crippen molar-refractivity contribution < 1.29 is 74.1 Å². The van der Waals surface area contributed by atoms with E-state index in [-0.39, 0.29) is 70.8 Å². The molecular formula is C72H77N9O15. The summed E-state index contributed by atoms with van der Waals surface area (Å²) in [7, 11) is 0. The van der Waals surface area contributed by atoms with Crippen LogP contribution in [0.4, 0.5) is 0 Å². The first kappa shape index (κ1) is 69.3. The van der Waals surface area contributed by atoms with Gasteiger partial charge in [0, 0.05) is 109 Å². The predicted octanol–water partition coefficient (Wildman–Crippen LogP) is 12.5. The number of H-pyrrole nitrogens is 4. The zero-order chi connectivity index (χ0) is 70.2. The van der Waals surface area contributed by atoms with E-state index in [0.717, 1.165) is 72.1 Å². The Morgan fingerprint density at radius 1 is 0.521 bits per heavy atom. The molecule has 0 spiro atoms. The third-order valence-corrected chi connectivity index (χ3v) is 18.9. The van der Waals surface area contributed by atoms with E-state index in [1.165, 1.54) is 0 Å². The van der Waals surface area contributed by atoms with E-state index in [0.29, 0.717) is 69.2 Å². The summed E-state index contributed by atoms with van der Waals surface area (Å²) >= 11 is 0. The molecule has 0 aliphatic carbocycles. The number of rotatable bonds is 20. The number of amides is 1. The van der Waals surface area contributed by atoms with Crippen LogP contribution in [0.25, 0.3) is 78.6 Å². The summed E-state index contributed by atoms with van der Waals surface area (Å²) in [5.74, 6) is -11.4. The minimum Gasteiger partial charge on any atom is -0.481 e. The molecular weight excluding hydrogens is 1230 g/mol. The van der Waals surface area contributed by atoms with E-state index in [4.69, 9.17) is 19.9 Å². The van der Waals surface area contributed by atoms with Gasteiger partial charge in [-0.15, -0.1) is 0 Å². The molecule has 1 amide bonds. The second kappa shape index (κ2) is 27.9. The van der Waals surface area contributed by atoms with Crippen LogP contribution < -0.4 is 5.32 Å². The molecule has 0 fully saturated rings. The van der Waals surface area contributed by atoms with Crippen molar-refractivity contribution in [3.05, 3.63) is 151 Å². The zero-order valence-electron chi connectivity index (χ0n) is 55.0. The highest BCUT2D eigenvalue weighted by molar-refractivity contribution is 6.24. The first-order valence-electron chi connectivity index (χ1n) is 31.5. The number of carbonyl (C=O) groups excluding carboxylic acids is 1. The van der Waals surface area contributed by atoms with Crippen molar-refractivity contribution in [3.63, 3.8) is 0 Å². The number of carboxylic acids is 7. The second-order valence-electron chi connectivity index (χ2n) is 24.6. The van der Waals surface area contributed by atoms with Gasteiger partial charge >= 0.3 is 41.8 Å². The minimum absolute atomic E-state index is 0.0384. The Morgan fingerprint density at radius 3 is 1.51 bits per heavy atom. The summed E-state index contributed by atoms with van der Waals surface area (Å²) in [5, 5.41) is 71.3. The van der Waals surface area contributed by atoms with Crippen LogP contribution in [-0.4, -0.2) is 129 Å². The highest BCUT2D eigenvalue weighted by atomic mass is 16.4. The quantitative estimate of drug-likeness (QED) is 0.0338. The van der Waals surface area contributed by atoms with Gasteiger partial charge in [0.2, 0.25) is 5.91 Å². The number of nitrogens with zero attached hydrogens (tertiary/aromatic N) is 4. The number of hydrogen-bond acceptors (Lipinski definition) is 12. The largest absolute Gasteiger partial charge is 0.481 e. The molecule has 6 aromatic heterocycles.